The molecule has 1 aromatic carbocycles. The summed E-state index contributed by atoms with van der Waals surface area (Å²) >= 11 is 0. The number of anilines is 1. The zero-order valence-electron chi connectivity index (χ0n) is 44.1. The second-order valence-electron chi connectivity index (χ2n) is 13.8. The average molecular weight is 1120 g/mol. The van der Waals surface area contributed by atoms with Crippen LogP contribution in [0.1, 0.15) is 126 Å². The molecule has 0 aliphatic carbocycles. The molecule has 0 aromatic heterocycles. The van der Waals surface area contributed by atoms with E-state index in [2.05, 4.69) is 33.9 Å². The van der Waals surface area contributed by atoms with Crippen LogP contribution in [-0.2, 0) is 68.6 Å². The molecule has 402 valence electrons. The molecule has 0 saturated carbocycles. The SMILES string of the molecule is CC.CC.CC(=O)OCc1ccc(NC(=O)CCCCNC(N)=O)cc1.CC(C)C(NC(=O)CCCC(=O)O)C(N)=O.CCCOCCOCCOCCOCCNC(=O)CCC(C)=O.NC=O.[CH3-].[Cs+]. The van der Waals surface area contributed by atoms with Crippen molar-refractivity contribution < 1.29 is 141 Å². The number of urea groups is 1. The number of primary amides is 3. The third-order valence-electron chi connectivity index (χ3n) is 7.63. The normalized spacial score (nSPS) is 9.74. The zero-order valence-corrected chi connectivity index (χ0v) is 50.4. The van der Waals surface area contributed by atoms with Gasteiger partial charge in [0, 0.05) is 64.4 Å². The summed E-state index contributed by atoms with van der Waals surface area (Å²) < 4.78 is 26.1. The predicted octanol–water partition coefficient (Wildman–Crippen LogP) is 0.951. The quantitative estimate of drug-likeness (QED) is 0.0216. The molecule has 23 heteroatoms. The number of nitrogens with one attached hydrogen (secondary N) is 4. The molecule has 0 aliphatic heterocycles. The van der Waals surface area contributed by atoms with Crippen molar-refractivity contribution in [1.82, 2.24) is 16.0 Å². The molecule has 0 radical (unpaired) electrons. The third-order valence-corrected chi connectivity index (χ3v) is 7.63. The molecular weight excluding hydrogens is 1040 g/mol. The number of Topliss-reactive ketones (excluding diaryl/α,β-unsaturated/α-hetero) is 1. The van der Waals surface area contributed by atoms with Gasteiger partial charge < -0.3 is 79.5 Å². The smallest absolute Gasteiger partial charge is 0.481 e. The summed E-state index contributed by atoms with van der Waals surface area (Å²) in [7, 11) is 0. The molecule has 11 N–H and O–H groups in total. The number of hydrogen-bond donors (Lipinski definition) is 8. The van der Waals surface area contributed by atoms with Crippen molar-refractivity contribution in [3.05, 3.63) is 37.3 Å². The van der Waals surface area contributed by atoms with E-state index in [1.54, 1.807) is 38.1 Å². The average Bonchev–Trinajstić information content (AvgIpc) is 3.29. The van der Waals surface area contributed by atoms with Crippen molar-refractivity contribution in [2.45, 2.75) is 133 Å². The fraction of sp³-hybridized carbons (Fsp3) is 0.660. The first-order valence-electron chi connectivity index (χ1n) is 23.0. The second-order valence-corrected chi connectivity index (χ2v) is 13.8. The molecule has 0 spiro atoms. The molecule has 1 rings (SSSR count). The summed E-state index contributed by atoms with van der Waals surface area (Å²) in [6.45, 7) is 22.0. The topological polar surface area (TPSA) is 346 Å². The predicted molar refractivity (Wildman–Crippen MR) is 265 cm³/mol. The number of esters is 1. The van der Waals surface area contributed by atoms with E-state index in [1.807, 2.05) is 27.7 Å². The van der Waals surface area contributed by atoms with Crippen LogP contribution >= 0.6 is 0 Å². The van der Waals surface area contributed by atoms with Gasteiger partial charge in [0.1, 0.15) is 18.4 Å². The molecular formula is C47H88CsN7O15. The van der Waals surface area contributed by atoms with Gasteiger partial charge in [0.15, 0.2) is 0 Å². The summed E-state index contributed by atoms with van der Waals surface area (Å²) in [4.78, 5) is 96.0. The molecule has 0 aliphatic rings. The van der Waals surface area contributed by atoms with Crippen LogP contribution in [0.15, 0.2) is 24.3 Å². The van der Waals surface area contributed by atoms with Crippen LogP contribution in [0.3, 0.4) is 0 Å². The Labute approximate surface area is 476 Å². The van der Waals surface area contributed by atoms with Crippen molar-refractivity contribution in [3.63, 3.8) is 0 Å². The van der Waals surface area contributed by atoms with Crippen LogP contribution in [0.2, 0.25) is 0 Å². The molecule has 1 aromatic rings. The van der Waals surface area contributed by atoms with E-state index >= 15 is 0 Å². The zero-order chi connectivity index (χ0) is 53.0. The van der Waals surface area contributed by atoms with Crippen LogP contribution in [0.5, 0.6) is 0 Å². The van der Waals surface area contributed by atoms with Crippen molar-refractivity contribution in [2.75, 3.05) is 71.3 Å². The van der Waals surface area contributed by atoms with Crippen LogP contribution in [0.4, 0.5) is 10.5 Å². The standard InChI is InChI=1S/C16H31NO6.C15H21N3O4.C10H18N2O4.2C2H6.CH3NO.CH3.Cs/c1-3-7-20-9-11-22-13-14-23-12-10-21-8-6-17-16(19)5-4-15(2)18;1-11(19)22-10-12-5-7-13(8-6-12)18-14(20)4-2-3-9-17-15(16)21;1-6(2)9(10(11)16)12-7(13)4-3-5-8(14)15;2*1-2;2-1-3;;/h3-14H2,1-2H3,(H,17,19);5-8H,2-4,9-10H2,1H3,(H,18,20)(H3,16,17,21);6,9H,3-5H2,1-2H3,(H2,11,16)(H,12,13)(H,14,15);2*1-2H3;1H,(H2,2,3);1H3;/q;;;;;;-1;+1. The number of nitrogens with two attached hydrogens (primary N) is 3. The number of carbonyl (C=O) groups is 9. The Morgan fingerprint density at radius 1 is 0.657 bits per heavy atom. The fourth-order valence-corrected chi connectivity index (χ4v) is 4.47. The molecule has 0 fully saturated rings. The third kappa shape index (κ3) is 66.4. The Hall–Kier alpha value is -3.66. The Balaban J connectivity index is -0.000000159. The number of carboxylic acid groups (broad SMARTS) is 1. The van der Waals surface area contributed by atoms with Gasteiger partial charge in [-0.2, -0.15) is 0 Å². The van der Waals surface area contributed by atoms with Crippen LogP contribution in [-0.4, -0.2) is 131 Å². The van der Waals surface area contributed by atoms with Gasteiger partial charge in [0.05, 0.1) is 46.2 Å². The number of ketones is 1. The summed E-state index contributed by atoms with van der Waals surface area (Å²) in [5.41, 5.74) is 15.8. The van der Waals surface area contributed by atoms with Crippen molar-refractivity contribution >= 4 is 59.5 Å². The number of unbranched alkanes of at least 4 members (excludes halogenated alkanes) is 1. The van der Waals surface area contributed by atoms with Gasteiger partial charge in [-0.1, -0.05) is 60.6 Å². The van der Waals surface area contributed by atoms with E-state index in [0.717, 1.165) is 18.6 Å². The van der Waals surface area contributed by atoms with E-state index < -0.39 is 23.9 Å². The van der Waals surface area contributed by atoms with Crippen LogP contribution in [0, 0.1) is 13.3 Å². The number of aliphatic carboxylic acids is 1. The molecule has 0 heterocycles. The molecule has 22 nitrogen and oxygen atoms in total. The Bertz CT molecular complexity index is 1480. The molecule has 1 atom stereocenters. The summed E-state index contributed by atoms with van der Waals surface area (Å²) in [5, 5.41) is 18.8. The van der Waals surface area contributed by atoms with Gasteiger partial charge in [-0.25, -0.2) is 4.79 Å². The van der Waals surface area contributed by atoms with E-state index in [-0.39, 0.29) is 157 Å². The second kappa shape index (κ2) is 61.5. The summed E-state index contributed by atoms with van der Waals surface area (Å²) in [5.74, 6) is -2.48. The first-order valence-corrected chi connectivity index (χ1v) is 23.0. The van der Waals surface area contributed by atoms with E-state index in [1.165, 1.54) is 13.8 Å². The van der Waals surface area contributed by atoms with Crippen molar-refractivity contribution in [1.29, 1.82) is 0 Å². The Morgan fingerprint density at radius 3 is 1.57 bits per heavy atom. The molecule has 70 heavy (non-hydrogen) atoms. The molecule has 0 saturated heterocycles. The maximum Gasteiger partial charge on any atom is 1.00 e. The minimum Gasteiger partial charge on any atom is -0.481 e. The number of hydrogen-bond acceptors (Lipinski definition) is 14. The van der Waals surface area contributed by atoms with Crippen molar-refractivity contribution in [2.24, 2.45) is 23.1 Å². The maximum atomic E-state index is 11.7. The number of rotatable bonds is 32. The number of carboxylic acids is 1. The summed E-state index contributed by atoms with van der Waals surface area (Å²) in [6.07, 6.45) is 3.80. The van der Waals surface area contributed by atoms with Gasteiger partial charge in [-0.05, 0) is 56.2 Å². The van der Waals surface area contributed by atoms with Gasteiger partial charge in [0.2, 0.25) is 30.0 Å². The first kappa shape index (κ1) is 80.4. The largest absolute Gasteiger partial charge is 1.00 e. The van der Waals surface area contributed by atoms with E-state index in [0.29, 0.717) is 84.3 Å². The summed E-state index contributed by atoms with van der Waals surface area (Å²) in [6, 6.07) is 5.83. The molecule has 1 unspecified atom stereocenters. The fourth-order valence-electron chi connectivity index (χ4n) is 4.47. The van der Waals surface area contributed by atoms with Gasteiger partial charge in [-0.15, -0.1) is 0 Å². The maximum absolute atomic E-state index is 11.7. The Kier molecular flexibility index (Phi) is 70.6. The number of benzene rings is 1. The van der Waals surface area contributed by atoms with E-state index in [9.17, 15) is 38.4 Å². The van der Waals surface area contributed by atoms with Gasteiger partial charge in [0.25, 0.3) is 0 Å². The molecule has 7 amide bonds. The number of carbonyl (C=O) groups excluding carboxylic acids is 8. The van der Waals surface area contributed by atoms with Gasteiger partial charge in [-0.3, -0.25) is 33.6 Å². The van der Waals surface area contributed by atoms with E-state index in [4.69, 9.17) is 45.1 Å². The number of amides is 7. The van der Waals surface area contributed by atoms with Crippen LogP contribution in [0.25, 0.3) is 0 Å². The number of ether oxygens (including phenoxy) is 5. The monoisotopic (exact) mass is 1120 g/mol. The molecule has 0 bridgehead atoms. The first-order chi connectivity index (χ1) is 32.4. The van der Waals surface area contributed by atoms with Crippen LogP contribution < -0.4 is 107 Å². The van der Waals surface area contributed by atoms with Crippen molar-refractivity contribution in [3.8, 4) is 0 Å². The minimum atomic E-state index is -0.942. The minimum absolute atomic E-state index is 0. The Morgan fingerprint density at radius 2 is 1.14 bits per heavy atom. The van der Waals surface area contributed by atoms with Gasteiger partial charge >= 0.3 is 86.9 Å².